The van der Waals surface area contributed by atoms with E-state index in [1.807, 2.05) is 4.90 Å². The maximum atomic E-state index is 10.6. The Morgan fingerprint density at radius 3 is 2.57 bits per heavy atom. The summed E-state index contributed by atoms with van der Waals surface area (Å²) in [4.78, 5) is 21.2. The van der Waals surface area contributed by atoms with Gasteiger partial charge in [0.15, 0.2) is 11.5 Å². The van der Waals surface area contributed by atoms with Gasteiger partial charge >= 0.3 is 6.09 Å². The van der Waals surface area contributed by atoms with Crippen LogP contribution in [0.25, 0.3) is 10.9 Å². The molecular weight excluding hydrogens is 302 g/mol. The zero-order valence-electron chi connectivity index (χ0n) is 12.7. The van der Waals surface area contributed by atoms with Crippen LogP contribution in [0.15, 0.2) is 12.1 Å². The number of rotatable bonds is 4. The number of nitrogens with two attached hydrogens (primary N) is 1. The zero-order chi connectivity index (χ0) is 16.6. The van der Waals surface area contributed by atoms with E-state index in [0.29, 0.717) is 47.3 Å². The second kappa shape index (κ2) is 5.67. The summed E-state index contributed by atoms with van der Waals surface area (Å²) in [5.74, 6) is 1.90. The number of ether oxygens (including phenoxy) is 2. The van der Waals surface area contributed by atoms with E-state index in [9.17, 15) is 4.79 Å². The van der Waals surface area contributed by atoms with E-state index in [0.717, 1.165) is 0 Å². The molecule has 1 aliphatic rings. The second-order valence-electron chi connectivity index (χ2n) is 5.18. The predicted molar refractivity (Wildman–Crippen MR) is 84.2 cm³/mol. The van der Waals surface area contributed by atoms with Crippen molar-refractivity contribution in [3.8, 4) is 11.5 Å². The lowest BCUT2D eigenvalue weighted by Gasteiger charge is -2.38. The maximum Gasteiger partial charge on any atom is 0.405 e. The van der Waals surface area contributed by atoms with Crippen molar-refractivity contribution >= 4 is 28.8 Å². The summed E-state index contributed by atoms with van der Waals surface area (Å²) in [6.45, 7) is 1.01. The van der Waals surface area contributed by atoms with Crippen molar-refractivity contribution in [3.05, 3.63) is 12.1 Å². The molecule has 0 spiro atoms. The number of nitrogens with one attached hydrogen (secondary N) is 1. The molecule has 0 radical (unpaired) electrons. The summed E-state index contributed by atoms with van der Waals surface area (Å²) < 4.78 is 10.5. The molecule has 0 saturated carbocycles. The lowest BCUT2D eigenvalue weighted by Crippen LogP contribution is -2.59. The molecule has 2 heterocycles. The molecule has 0 bridgehead atoms. The number of fused-ring (bicyclic) bond motifs is 1. The van der Waals surface area contributed by atoms with E-state index in [4.69, 9.17) is 20.3 Å². The van der Waals surface area contributed by atoms with Gasteiger partial charge in [0.05, 0.1) is 25.8 Å². The highest BCUT2D eigenvalue weighted by Crippen LogP contribution is 2.34. The monoisotopic (exact) mass is 319 g/mol. The molecule has 23 heavy (non-hydrogen) atoms. The maximum absolute atomic E-state index is 10.6. The van der Waals surface area contributed by atoms with E-state index in [1.165, 1.54) is 0 Å². The van der Waals surface area contributed by atoms with Crippen LogP contribution in [0.1, 0.15) is 0 Å². The fourth-order valence-corrected chi connectivity index (χ4v) is 2.52. The SMILES string of the molecule is COc1cc2nc(N3CC(NC(=O)O)C3)nc(N)c2cc1OC. The largest absolute Gasteiger partial charge is 0.493 e. The van der Waals surface area contributed by atoms with Gasteiger partial charge in [-0.05, 0) is 6.07 Å². The summed E-state index contributed by atoms with van der Waals surface area (Å²) in [6, 6.07) is 3.35. The van der Waals surface area contributed by atoms with Crippen LogP contribution in [-0.4, -0.2) is 54.5 Å². The minimum absolute atomic E-state index is 0.126. The lowest BCUT2D eigenvalue weighted by atomic mass is 10.1. The van der Waals surface area contributed by atoms with E-state index >= 15 is 0 Å². The number of aromatic nitrogens is 2. The Bertz CT molecular complexity index is 760. The van der Waals surface area contributed by atoms with E-state index < -0.39 is 6.09 Å². The quantitative estimate of drug-likeness (QED) is 0.752. The van der Waals surface area contributed by atoms with Crippen LogP contribution in [0.5, 0.6) is 11.5 Å². The number of nitrogens with zero attached hydrogens (tertiary/aromatic N) is 3. The topological polar surface area (TPSA) is 123 Å². The number of methoxy groups -OCH3 is 2. The Balaban J connectivity index is 1.91. The zero-order valence-corrected chi connectivity index (χ0v) is 12.7. The van der Waals surface area contributed by atoms with Crippen molar-refractivity contribution in [1.29, 1.82) is 0 Å². The lowest BCUT2D eigenvalue weighted by molar-refractivity contribution is 0.187. The highest BCUT2D eigenvalue weighted by atomic mass is 16.5. The molecule has 1 aromatic heterocycles. The summed E-state index contributed by atoms with van der Waals surface area (Å²) in [5, 5.41) is 11.8. The molecule has 1 aromatic carbocycles. The van der Waals surface area contributed by atoms with Gasteiger partial charge < -0.3 is 30.5 Å². The Labute approximate surface area is 132 Å². The first-order valence-corrected chi connectivity index (χ1v) is 6.95. The summed E-state index contributed by atoms with van der Waals surface area (Å²) in [6.07, 6.45) is -1.04. The third-order valence-corrected chi connectivity index (χ3v) is 3.71. The van der Waals surface area contributed by atoms with Crippen LogP contribution in [0, 0.1) is 0 Å². The van der Waals surface area contributed by atoms with Crippen LogP contribution in [-0.2, 0) is 0 Å². The first kappa shape index (κ1) is 14.9. The van der Waals surface area contributed by atoms with Crippen LogP contribution >= 0.6 is 0 Å². The number of nitrogen functional groups attached to an aromatic ring is 1. The van der Waals surface area contributed by atoms with Gasteiger partial charge in [-0.2, -0.15) is 4.98 Å². The summed E-state index contributed by atoms with van der Waals surface area (Å²) in [7, 11) is 3.09. The van der Waals surface area contributed by atoms with Crippen molar-refractivity contribution in [2.75, 3.05) is 37.9 Å². The smallest absolute Gasteiger partial charge is 0.405 e. The molecule has 0 unspecified atom stereocenters. The molecule has 9 nitrogen and oxygen atoms in total. The van der Waals surface area contributed by atoms with Gasteiger partial charge in [0.2, 0.25) is 5.95 Å². The Morgan fingerprint density at radius 1 is 1.30 bits per heavy atom. The first-order valence-electron chi connectivity index (χ1n) is 6.95. The molecule has 0 aliphatic carbocycles. The van der Waals surface area contributed by atoms with Gasteiger partial charge in [-0.15, -0.1) is 0 Å². The molecule has 122 valence electrons. The molecule has 1 fully saturated rings. The van der Waals surface area contributed by atoms with Crippen LogP contribution < -0.4 is 25.4 Å². The minimum atomic E-state index is -1.04. The molecule has 2 aromatic rings. The fourth-order valence-electron chi connectivity index (χ4n) is 2.52. The second-order valence-corrected chi connectivity index (χ2v) is 5.18. The molecule has 4 N–H and O–H groups in total. The van der Waals surface area contributed by atoms with Crippen LogP contribution in [0.2, 0.25) is 0 Å². The molecule has 0 atom stereocenters. The third kappa shape index (κ3) is 2.72. The van der Waals surface area contributed by atoms with Gasteiger partial charge in [-0.1, -0.05) is 0 Å². The Kier molecular flexibility index (Phi) is 3.68. The van der Waals surface area contributed by atoms with E-state index in [-0.39, 0.29) is 6.04 Å². The molecule has 1 amide bonds. The van der Waals surface area contributed by atoms with Gasteiger partial charge in [0.1, 0.15) is 5.82 Å². The highest BCUT2D eigenvalue weighted by molar-refractivity contribution is 5.91. The van der Waals surface area contributed by atoms with Crippen molar-refractivity contribution < 1.29 is 19.4 Å². The van der Waals surface area contributed by atoms with Gasteiger partial charge in [0, 0.05) is 24.5 Å². The number of hydrogen-bond acceptors (Lipinski definition) is 7. The van der Waals surface area contributed by atoms with Gasteiger partial charge in [0.25, 0.3) is 0 Å². The van der Waals surface area contributed by atoms with Crippen molar-refractivity contribution in [1.82, 2.24) is 15.3 Å². The molecular formula is C14H17N5O4. The average Bonchev–Trinajstić information content (AvgIpc) is 2.48. The normalized spacial score (nSPS) is 14.4. The number of anilines is 2. The number of carbonyl (C=O) groups is 1. The van der Waals surface area contributed by atoms with Gasteiger partial charge in [-0.3, -0.25) is 0 Å². The average molecular weight is 319 g/mol. The highest BCUT2D eigenvalue weighted by Gasteiger charge is 2.30. The number of amides is 1. The third-order valence-electron chi connectivity index (χ3n) is 3.71. The summed E-state index contributed by atoms with van der Waals surface area (Å²) in [5.41, 5.74) is 6.66. The number of carboxylic acid groups (broad SMARTS) is 1. The molecule has 3 rings (SSSR count). The molecule has 9 heteroatoms. The van der Waals surface area contributed by atoms with E-state index in [1.54, 1.807) is 26.4 Å². The number of hydrogen-bond donors (Lipinski definition) is 3. The fraction of sp³-hybridized carbons (Fsp3) is 0.357. The van der Waals surface area contributed by atoms with Crippen LogP contribution in [0.4, 0.5) is 16.6 Å². The minimum Gasteiger partial charge on any atom is -0.493 e. The van der Waals surface area contributed by atoms with Gasteiger partial charge in [-0.25, -0.2) is 9.78 Å². The van der Waals surface area contributed by atoms with Crippen molar-refractivity contribution in [2.45, 2.75) is 6.04 Å². The summed E-state index contributed by atoms with van der Waals surface area (Å²) >= 11 is 0. The van der Waals surface area contributed by atoms with Crippen molar-refractivity contribution in [3.63, 3.8) is 0 Å². The Morgan fingerprint density at radius 2 is 1.96 bits per heavy atom. The van der Waals surface area contributed by atoms with E-state index in [2.05, 4.69) is 15.3 Å². The molecule has 1 aliphatic heterocycles. The van der Waals surface area contributed by atoms with Crippen molar-refractivity contribution in [2.24, 2.45) is 0 Å². The van der Waals surface area contributed by atoms with Crippen LogP contribution in [0.3, 0.4) is 0 Å². The molecule has 1 saturated heterocycles. The number of benzene rings is 1. The standard InChI is InChI=1S/C14H17N5O4/c1-22-10-3-8-9(4-11(10)23-2)17-13(18-12(8)15)19-5-7(6-19)16-14(20)21/h3-4,7,16H,5-6H2,1-2H3,(H,20,21)(H2,15,17,18). The Hall–Kier alpha value is -2.97. The first-order chi connectivity index (χ1) is 11.0. The predicted octanol–water partition coefficient (Wildman–Crippen LogP) is 0.685.